The number of hydrogen-bond acceptors (Lipinski definition) is 3. The molecule has 28 heavy (non-hydrogen) atoms. The van der Waals surface area contributed by atoms with Crippen LogP contribution in [0.3, 0.4) is 0 Å². The Labute approximate surface area is 165 Å². The molecule has 0 spiro atoms. The number of carbonyl (C=O) groups is 2. The summed E-state index contributed by atoms with van der Waals surface area (Å²) in [6.45, 7) is 8.20. The van der Waals surface area contributed by atoms with Crippen molar-refractivity contribution in [2.24, 2.45) is 0 Å². The highest BCUT2D eigenvalue weighted by molar-refractivity contribution is 6.06. The Balaban J connectivity index is 1.91. The summed E-state index contributed by atoms with van der Waals surface area (Å²) < 4.78 is 5.48. The lowest BCUT2D eigenvalue weighted by atomic mass is 9.94. The van der Waals surface area contributed by atoms with E-state index in [1.807, 2.05) is 63.2 Å². The molecule has 0 saturated carbocycles. The van der Waals surface area contributed by atoms with Crippen LogP contribution in [0.15, 0.2) is 53.7 Å². The van der Waals surface area contributed by atoms with Crippen molar-refractivity contribution in [2.45, 2.75) is 33.7 Å². The first kappa shape index (κ1) is 19.5. The maximum Gasteiger partial charge on any atom is 0.319 e. The van der Waals surface area contributed by atoms with E-state index in [-0.39, 0.29) is 11.9 Å². The van der Waals surface area contributed by atoms with E-state index in [0.717, 1.165) is 28.1 Å². The Morgan fingerprint density at radius 2 is 1.71 bits per heavy atom. The van der Waals surface area contributed by atoms with Crippen molar-refractivity contribution in [3.8, 4) is 5.75 Å². The van der Waals surface area contributed by atoms with Gasteiger partial charge in [-0.05, 0) is 68.7 Å². The number of benzene rings is 2. The fraction of sp³-hybridized carbons (Fsp3) is 0.273. The molecule has 0 bridgehead atoms. The molecule has 146 valence electrons. The van der Waals surface area contributed by atoms with Gasteiger partial charge < -0.3 is 20.7 Å². The van der Waals surface area contributed by atoms with Gasteiger partial charge in [0.25, 0.3) is 5.91 Å². The molecule has 1 aliphatic heterocycles. The summed E-state index contributed by atoms with van der Waals surface area (Å²) in [6.07, 6.45) is 0. The van der Waals surface area contributed by atoms with Crippen LogP contribution in [0.5, 0.6) is 5.75 Å². The van der Waals surface area contributed by atoms with Gasteiger partial charge in [0.2, 0.25) is 0 Å². The van der Waals surface area contributed by atoms with Crippen molar-refractivity contribution in [3.05, 3.63) is 70.4 Å². The Morgan fingerprint density at radius 1 is 1.07 bits per heavy atom. The van der Waals surface area contributed by atoms with Crippen LogP contribution in [0.2, 0.25) is 0 Å². The minimum absolute atomic E-state index is 0.256. The fourth-order valence-corrected chi connectivity index (χ4v) is 3.41. The summed E-state index contributed by atoms with van der Waals surface area (Å²) in [4.78, 5) is 25.1. The van der Waals surface area contributed by atoms with Crippen LogP contribution in [0.1, 0.15) is 36.6 Å². The SMILES string of the molecule is CCOc1ccc([C@H]2NC(=O)NC(C)=C2C(=O)Nc2cc(C)cc(C)c2)cc1. The molecule has 0 saturated heterocycles. The van der Waals surface area contributed by atoms with Gasteiger partial charge in [0.15, 0.2) is 0 Å². The third kappa shape index (κ3) is 4.34. The predicted molar refractivity (Wildman–Crippen MR) is 109 cm³/mol. The van der Waals surface area contributed by atoms with E-state index in [1.165, 1.54) is 0 Å². The molecule has 6 heteroatoms. The molecule has 3 rings (SSSR count). The molecule has 2 aromatic carbocycles. The van der Waals surface area contributed by atoms with E-state index in [4.69, 9.17) is 4.74 Å². The van der Waals surface area contributed by atoms with Crippen LogP contribution in [0.4, 0.5) is 10.5 Å². The number of anilines is 1. The maximum atomic E-state index is 13.1. The van der Waals surface area contributed by atoms with Crippen molar-refractivity contribution in [1.82, 2.24) is 10.6 Å². The smallest absolute Gasteiger partial charge is 0.319 e. The van der Waals surface area contributed by atoms with Gasteiger partial charge >= 0.3 is 6.03 Å². The Bertz CT molecular complexity index is 912. The Morgan fingerprint density at radius 3 is 2.32 bits per heavy atom. The van der Waals surface area contributed by atoms with Crippen LogP contribution in [0.25, 0.3) is 0 Å². The number of allylic oxidation sites excluding steroid dienone is 1. The molecule has 0 fully saturated rings. The number of aryl methyl sites for hydroxylation is 2. The predicted octanol–water partition coefficient (Wildman–Crippen LogP) is 3.97. The van der Waals surface area contributed by atoms with Gasteiger partial charge in [-0.25, -0.2) is 4.79 Å². The Kier molecular flexibility index (Phi) is 5.68. The standard InChI is InChI=1S/C22H25N3O3/c1-5-28-18-8-6-16(7-9-18)20-19(15(4)23-22(27)25-20)21(26)24-17-11-13(2)10-14(3)12-17/h6-12,20H,5H2,1-4H3,(H,24,26)(H2,23,25,27)/t20-/m1/s1. The summed E-state index contributed by atoms with van der Waals surface area (Å²) in [5.74, 6) is 0.488. The first-order chi connectivity index (χ1) is 13.4. The summed E-state index contributed by atoms with van der Waals surface area (Å²) in [5.41, 5.74) is 4.68. The van der Waals surface area contributed by atoms with Crippen LogP contribution < -0.4 is 20.7 Å². The number of amides is 3. The topological polar surface area (TPSA) is 79.5 Å². The van der Waals surface area contributed by atoms with Gasteiger partial charge in [-0.2, -0.15) is 0 Å². The molecule has 2 aromatic rings. The lowest BCUT2D eigenvalue weighted by molar-refractivity contribution is -0.113. The maximum absolute atomic E-state index is 13.1. The molecule has 6 nitrogen and oxygen atoms in total. The van der Waals surface area contributed by atoms with Gasteiger partial charge in [0.05, 0.1) is 18.2 Å². The van der Waals surface area contributed by atoms with Gasteiger partial charge in [-0.1, -0.05) is 18.2 Å². The normalized spacial score (nSPS) is 16.3. The van der Waals surface area contributed by atoms with E-state index in [2.05, 4.69) is 16.0 Å². The van der Waals surface area contributed by atoms with Gasteiger partial charge in [-0.3, -0.25) is 4.79 Å². The second-order valence-electron chi connectivity index (χ2n) is 6.90. The molecule has 0 aromatic heterocycles. The van der Waals surface area contributed by atoms with Crippen LogP contribution in [0, 0.1) is 13.8 Å². The summed E-state index contributed by atoms with van der Waals surface area (Å²) >= 11 is 0. The summed E-state index contributed by atoms with van der Waals surface area (Å²) in [7, 11) is 0. The largest absolute Gasteiger partial charge is 0.494 e. The third-order valence-corrected chi connectivity index (χ3v) is 4.52. The molecule has 0 unspecified atom stereocenters. The van der Waals surface area contributed by atoms with E-state index in [9.17, 15) is 9.59 Å². The third-order valence-electron chi connectivity index (χ3n) is 4.52. The second kappa shape index (κ2) is 8.17. The molecule has 3 N–H and O–H groups in total. The highest BCUT2D eigenvalue weighted by Gasteiger charge is 2.31. The average molecular weight is 379 g/mol. The highest BCUT2D eigenvalue weighted by Crippen LogP contribution is 2.29. The number of hydrogen-bond donors (Lipinski definition) is 3. The first-order valence-corrected chi connectivity index (χ1v) is 9.28. The number of nitrogens with one attached hydrogen (secondary N) is 3. The van der Waals surface area contributed by atoms with Crippen molar-refractivity contribution < 1.29 is 14.3 Å². The zero-order chi connectivity index (χ0) is 20.3. The lowest BCUT2D eigenvalue weighted by Crippen LogP contribution is -2.45. The number of urea groups is 1. The molecule has 0 radical (unpaired) electrons. The average Bonchev–Trinajstić information content (AvgIpc) is 2.61. The molecular formula is C22H25N3O3. The molecule has 1 heterocycles. The molecule has 0 aliphatic carbocycles. The number of carbonyl (C=O) groups excluding carboxylic acids is 2. The van der Waals surface area contributed by atoms with Gasteiger partial charge in [0, 0.05) is 11.4 Å². The minimum Gasteiger partial charge on any atom is -0.494 e. The van der Waals surface area contributed by atoms with Crippen molar-refractivity contribution in [1.29, 1.82) is 0 Å². The Hall–Kier alpha value is -3.28. The zero-order valence-corrected chi connectivity index (χ0v) is 16.6. The first-order valence-electron chi connectivity index (χ1n) is 9.28. The van der Waals surface area contributed by atoms with Crippen molar-refractivity contribution in [3.63, 3.8) is 0 Å². The lowest BCUT2D eigenvalue weighted by Gasteiger charge is -2.28. The van der Waals surface area contributed by atoms with Crippen molar-refractivity contribution >= 4 is 17.6 Å². The monoisotopic (exact) mass is 379 g/mol. The number of ether oxygens (including phenoxy) is 1. The van der Waals surface area contributed by atoms with Crippen LogP contribution >= 0.6 is 0 Å². The van der Waals surface area contributed by atoms with E-state index < -0.39 is 6.04 Å². The fourth-order valence-electron chi connectivity index (χ4n) is 3.41. The zero-order valence-electron chi connectivity index (χ0n) is 16.6. The minimum atomic E-state index is -0.546. The summed E-state index contributed by atoms with van der Waals surface area (Å²) in [5, 5.41) is 8.50. The number of rotatable bonds is 5. The van der Waals surface area contributed by atoms with E-state index in [1.54, 1.807) is 6.92 Å². The molecule has 3 amide bonds. The van der Waals surface area contributed by atoms with Crippen LogP contribution in [-0.4, -0.2) is 18.5 Å². The second-order valence-corrected chi connectivity index (χ2v) is 6.90. The van der Waals surface area contributed by atoms with Crippen molar-refractivity contribution in [2.75, 3.05) is 11.9 Å². The van der Waals surface area contributed by atoms with E-state index in [0.29, 0.717) is 17.9 Å². The van der Waals surface area contributed by atoms with Gasteiger partial charge in [0.1, 0.15) is 5.75 Å². The quantitative estimate of drug-likeness (QED) is 0.735. The van der Waals surface area contributed by atoms with Gasteiger partial charge in [-0.15, -0.1) is 0 Å². The highest BCUT2D eigenvalue weighted by atomic mass is 16.5. The summed E-state index contributed by atoms with van der Waals surface area (Å²) in [6, 6.07) is 12.4. The van der Waals surface area contributed by atoms with Crippen LogP contribution in [-0.2, 0) is 4.79 Å². The van der Waals surface area contributed by atoms with E-state index >= 15 is 0 Å². The molecule has 1 aliphatic rings. The molecule has 1 atom stereocenters. The molecular weight excluding hydrogens is 354 g/mol.